The summed E-state index contributed by atoms with van der Waals surface area (Å²) in [5, 5.41) is 0. The van der Waals surface area contributed by atoms with E-state index >= 15 is 0 Å². The predicted octanol–water partition coefficient (Wildman–Crippen LogP) is 1.83. The first-order valence-corrected chi connectivity index (χ1v) is 5.16. The third-order valence-corrected chi connectivity index (χ3v) is 2.54. The zero-order valence-corrected chi connectivity index (χ0v) is 8.71. The van der Waals surface area contributed by atoms with E-state index in [0.29, 0.717) is 6.73 Å². The number of hydrogen-bond donors (Lipinski definition) is 0. The molecule has 0 saturated heterocycles. The van der Waals surface area contributed by atoms with Crippen molar-refractivity contribution in [2.75, 3.05) is 11.6 Å². The molecule has 4 heteroatoms. The molecule has 1 aliphatic heterocycles. The number of rotatable bonds is 1. The van der Waals surface area contributed by atoms with E-state index in [0.717, 1.165) is 23.8 Å². The smallest absolute Gasteiger partial charge is 0.220 e. The molecule has 0 N–H and O–H groups in total. The molecule has 80 valence electrons. The third-order valence-electron chi connectivity index (χ3n) is 2.54. The van der Waals surface area contributed by atoms with E-state index in [2.05, 4.69) is 14.9 Å². The van der Waals surface area contributed by atoms with E-state index < -0.39 is 0 Å². The maximum atomic E-state index is 5.57. The second kappa shape index (κ2) is 3.81. The van der Waals surface area contributed by atoms with Gasteiger partial charge in [0.15, 0.2) is 6.73 Å². The average molecular weight is 213 g/mol. The molecular weight excluding hydrogens is 202 g/mol. The topological polar surface area (TPSA) is 38.2 Å². The van der Waals surface area contributed by atoms with Crippen LogP contribution >= 0.6 is 0 Å². The van der Waals surface area contributed by atoms with Crippen LogP contribution in [0.4, 0.5) is 5.82 Å². The number of hydrogen-bond acceptors (Lipinski definition) is 4. The van der Waals surface area contributed by atoms with Crippen LogP contribution in [-0.2, 0) is 6.54 Å². The summed E-state index contributed by atoms with van der Waals surface area (Å²) >= 11 is 0. The molecule has 4 nitrogen and oxygen atoms in total. The lowest BCUT2D eigenvalue weighted by molar-refractivity contribution is 0.276. The molecular formula is C12H11N3O. The Bertz CT molecular complexity index is 487. The van der Waals surface area contributed by atoms with E-state index in [1.165, 1.54) is 0 Å². The Hall–Kier alpha value is -2.10. The molecule has 1 aliphatic rings. The summed E-state index contributed by atoms with van der Waals surface area (Å²) in [4.78, 5) is 10.6. The highest BCUT2D eigenvalue weighted by Crippen LogP contribution is 2.24. The van der Waals surface area contributed by atoms with Crippen molar-refractivity contribution in [3.05, 3.63) is 48.3 Å². The van der Waals surface area contributed by atoms with Crippen molar-refractivity contribution in [2.24, 2.45) is 0 Å². The lowest BCUT2D eigenvalue weighted by atomic mass is 10.2. The number of aromatic nitrogens is 2. The second-order valence-electron chi connectivity index (χ2n) is 3.63. The Morgan fingerprint density at radius 2 is 2.00 bits per heavy atom. The fourth-order valence-corrected chi connectivity index (χ4v) is 1.75. The number of nitrogens with zero attached hydrogens (tertiary/aromatic N) is 3. The summed E-state index contributed by atoms with van der Waals surface area (Å²) in [6, 6.07) is 9.80. The lowest BCUT2D eigenvalue weighted by Gasteiger charge is -2.28. The minimum absolute atomic E-state index is 0.501. The summed E-state index contributed by atoms with van der Waals surface area (Å²) in [5.74, 6) is 1.66. The molecule has 3 rings (SSSR count). The highest BCUT2D eigenvalue weighted by Gasteiger charge is 2.18. The van der Waals surface area contributed by atoms with Crippen LogP contribution in [0.1, 0.15) is 5.56 Å². The molecule has 16 heavy (non-hydrogen) atoms. The summed E-state index contributed by atoms with van der Waals surface area (Å²) in [7, 11) is 0. The van der Waals surface area contributed by atoms with Gasteiger partial charge in [0.25, 0.3) is 0 Å². The van der Waals surface area contributed by atoms with E-state index in [1.54, 1.807) is 12.4 Å². The largest absolute Gasteiger partial charge is 0.456 e. The SMILES string of the molecule is c1ccc(N2COc3ncccc3C2)nc1. The van der Waals surface area contributed by atoms with E-state index in [-0.39, 0.29) is 0 Å². The quantitative estimate of drug-likeness (QED) is 0.724. The zero-order valence-electron chi connectivity index (χ0n) is 8.71. The van der Waals surface area contributed by atoms with Gasteiger partial charge in [-0.3, -0.25) is 0 Å². The molecule has 0 saturated carbocycles. The average Bonchev–Trinajstić information content (AvgIpc) is 2.39. The molecule has 0 aliphatic carbocycles. The standard InChI is InChI=1S/C12H11N3O/c1-2-6-13-11(5-1)15-8-10-4-3-7-14-12(10)16-9-15/h1-7H,8-9H2. The van der Waals surface area contributed by atoms with Crippen molar-refractivity contribution in [3.63, 3.8) is 0 Å². The number of pyridine rings is 2. The van der Waals surface area contributed by atoms with Crippen LogP contribution in [0.25, 0.3) is 0 Å². The summed E-state index contributed by atoms with van der Waals surface area (Å²) < 4.78 is 5.57. The normalized spacial score (nSPS) is 14.1. The fraction of sp³-hybridized carbons (Fsp3) is 0.167. The fourth-order valence-electron chi connectivity index (χ4n) is 1.75. The van der Waals surface area contributed by atoms with Crippen LogP contribution in [0, 0.1) is 0 Å². The molecule has 0 radical (unpaired) electrons. The van der Waals surface area contributed by atoms with Crippen molar-refractivity contribution in [1.82, 2.24) is 9.97 Å². The van der Waals surface area contributed by atoms with Gasteiger partial charge in [-0.15, -0.1) is 0 Å². The van der Waals surface area contributed by atoms with Crippen LogP contribution in [0.3, 0.4) is 0 Å². The van der Waals surface area contributed by atoms with Crippen LogP contribution in [0.15, 0.2) is 42.7 Å². The van der Waals surface area contributed by atoms with Gasteiger partial charge < -0.3 is 9.64 Å². The van der Waals surface area contributed by atoms with Crippen LogP contribution in [-0.4, -0.2) is 16.7 Å². The molecule has 0 unspecified atom stereocenters. The zero-order chi connectivity index (χ0) is 10.8. The van der Waals surface area contributed by atoms with Gasteiger partial charge >= 0.3 is 0 Å². The van der Waals surface area contributed by atoms with Gasteiger partial charge in [0.2, 0.25) is 5.88 Å². The Morgan fingerprint density at radius 1 is 1.06 bits per heavy atom. The summed E-state index contributed by atoms with van der Waals surface area (Å²) in [5.41, 5.74) is 1.10. The number of anilines is 1. The van der Waals surface area contributed by atoms with E-state index in [1.807, 2.05) is 30.3 Å². The highest BCUT2D eigenvalue weighted by molar-refractivity contribution is 5.42. The van der Waals surface area contributed by atoms with Crippen molar-refractivity contribution in [3.8, 4) is 5.88 Å². The first-order valence-electron chi connectivity index (χ1n) is 5.16. The Balaban J connectivity index is 1.89. The second-order valence-corrected chi connectivity index (χ2v) is 3.63. The number of fused-ring (bicyclic) bond motifs is 1. The van der Waals surface area contributed by atoms with E-state index in [4.69, 9.17) is 4.74 Å². The van der Waals surface area contributed by atoms with Crippen LogP contribution in [0.5, 0.6) is 5.88 Å². The van der Waals surface area contributed by atoms with E-state index in [9.17, 15) is 0 Å². The maximum Gasteiger partial charge on any atom is 0.220 e. The van der Waals surface area contributed by atoms with Gasteiger partial charge in [0.1, 0.15) is 5.82 Å². The molecule has 0 aromatic carbocycles. The molecule has 0 atom stereocenters. The molecule has 2 aromatic rings. The Labute approximate surface area is 93.5 Å². The third kappa shape index (κ3) is 1.58. The van der Waals surface area contributed by atoms with Gasteiger partial charge in [-0.2, -0.15) is 0 Å². The monoisotopic (exact) mass is 213 g/mol. The summed E-state index contributed by atoms with van der Waals surface area (Å²) in [6.45, 7) is 1.29. The van der Waals surface area contributed by atoms with Gasteiger partial charge in [-0.25, -0.2) is 9.97 Å². The molecule has 0 amide bonds. The summed E-state index contributed by atoms with van der Waals surface area (Å²) in [6.07, 6.45) is 3.53. The van der Waals surface area contributed by atoms with Crippen molar-refractivity contribution in [1.29, 1.82) is 0 Å². The Kier molecular flexibility index (Phi) is 2.18. The number of ether oxygens (including phenoxy) is 1. The van der Waals surface area contributed by atoms with Crippen LogP contribution in [0.2, 0.25) is 0 Å². The first-order chi connectivity index (χ1) is 7.93. The Morgan fingerprint density at radius 3 is 2.88 bits per heavy atom. The minimum atomic E-state index is 0.501. The van der Waals surface area contributed by atoms with Gasteiger partial charge in [0, 0.05) is 18.0 Å². The van der Waals surface area contributed by atoms with Gasteiger partial charge in [-0.1, -0.05) is 12.1 Å². The molecule has 0 fully saturated rings. The minimum Gasteiger partial charge on any atom is -0.456 e. The van der Waals surface area contributed by atoms with Crippen molar-refractivity contribution < 1.29 is 4.74 Å². The highest BCUT2D eigenvalue weighted by atomic mass is 16.5. The molecule has 0 spiro atoms. The van der Waals surface area contributed by atoms with Crippen molar-refractivity contribution in [2.45, 2.75) is 6.54 Å². The predicted molar refractivity (Wildman–Crippen MR) is 60.2 cm³/mol. The maximum absolute atomic E-state index is 5.57. The van der Waals surface area contributed by atoms with Crippen LogP contribution < -0.4 is 9.64 Å². The van der Waals surface area contributed by atoms with Crippen molar-refractivity contribution >= 4 is 5.82 Å². The molecule has 2 aromatic heterocycles. The lowest BCUT2D eigenvalue weighted by Crippen LogP contribution is -2.32. The first kappa shape index (κ1) is 9.15. The van der Waals surface area contributed by atoms with Gasteiger partial charge in [-0.05, 0) is 18.2 Å². The van der Waals surface area contributed by atoms with Gasteiger partial charge in [0.05, 0.1) is 6.54 Å². The molecule has 0 bridgehead atoms. The molecule has 3 heterocycles.